The molecule has 126 valence electrons. The van der Waals surface area contributed by atoms with Gasteiger partial charge < -0.3 is 19.5 Å². The molecule has 1 aliphatic heterocycles. The molecule has 0 aromatic heterocycles. The van der Waals surface area contributed by atoms with Crippen molar-refractivity contribution in [2.75, 3.05) is 13.3 Å². The van der Waals surface area contributed by atoms with E-state index in [1.807, 2.05) is 0 Å². The van der Waals surface area contributed by atoms with Crippen molar-refractivity contribution in [2.24, 2.45) is 0 Å². The second-order valence-electron chi connectivity index (χ2n) is 5.10. The molecule has 3 rings (SSSR count). The highest BCUT2D eigenvalue weighted by Crippen LogP contribution is 2.32. The third-order valence-electron chi connectivity index (χ3n) is 3.48. The number of carbonyl (C=O) groups excluding carboxylic acids is 1. The number of hydrogen-bond acceptors (Lipinski definition) is 4. The number of fused-ring (bicyclic) bond motifs is 1. The van der Waals surface area contributed by atoms with Gasteiger partial charge in [0.05, 0.1) is 0 Å². The minimum absolute atomic E-state index is 0.109. The molecule has 0 fully saturated rings. The third-order valence-corrected chi connectivity index (χ3v) is 3.48. The van der Waals surface area contributed by atoms with Crippen molar-refractivity contribution >= 4 is 5.91 Å². The number of amides is 1. The van der Waals surface area contributed by atoms with Crippen LogP contribution in [0.25, 0.3) is 0 Å². The number of halogens is 2. The highest BCUT2D eigenvalue weighted by molar-refractivity contribution is 5.94. The number of nitrogens with one attached hydrogen (secondary N) is 1. The summed E-state index contributed by atoms with van der Waals surface area (Å²) in [4.78, 5) is 12.1. The average molecular weight is 335 g/mol. The molecule has 7 heteroatoms. The molecule has 1 N–H and O–H groups in total. The fourth-order valence-electron chi connectivity index (χ4n) is 2.30. The molecule has 1 aliphatic rings. The number of hydrogen-bond donors (Lipinski definition) is 1. The Morgan fingerprint density at radius 2 is 1.88 bits per heavy atom. The van der Waals surface area contributed by atoms with Gasteiger partial charge in [0.25, 0.3) is 5.91 Å². The summed E-state index contributed by atoms with van der Waals surface area (Å²) in [6.45, 7) is -2.26. The third kappa shape index (κ3) is 3.92. The van der Waals surface area contributed by atoms with Crippen molar-refractivity contribution in [3.05, 3.63) is 53.6 Å². The summed E-state index contributed by atoms with van der Waals surface area (Å²) < 4.78 is 38.9. The molecule has 0 aliphatic carbocycles. The van der Waals surface area contributed by atoms with Crippen molar-refractivity contribution in [3.8, 4) is 17.2 Å². The van der Waals surface area contributed by atoms with E-state index in [1.165, 1.54) is 12.1 Å². The lowest BCUT2D eigenvalue weighted by molar-refractivity contribution is -0.0498. The quantitative estimate of drug-likeness (QED) is 0.882. The molecular weight excluding hydrogens is 320 g/mol. The first kappa shape index (κ1) is 16.0. The van der Waals surface area contributed by atoms with Gasteiger partial charge in [-0.25, -0.2) is 0 Å². The van der Waals surface area contributed by atoms with Crippen molar-refractivity contribution in [2.45, 2.75) is 13.0 Å². The monoisotopic (exact) mass is 335 g/mol. The van der Waals surface area contributed by atoms with Crippen LogP contribution >= 0.6 is 0 Å². The van der Waals surface area contributed by atoms with E-state index in [1.54, 1.807) is 30.3 Å². The Kier molecular flexibility index (Phi) is 4.79. The Balaban J connectivity index is 1.50. The summed E-state index contributed by atoms with van der Waals surface area (Å²) in [5, 5.41) is 2.80. The Bertz CT molecular complexity index is 719. The van der Waals surface area contributed by atoms with Crippen LogP contribution in [0, 0.1) is 0 Å². The predicted molar refractivity (Wildman–Crippen MR) is 81.7 cm³/mol. The summed E-state index contributed by atoms with van der Waals surface area (Å²) in [6, 6.07) is 11.3. The van der Waals surface area contributed by atoms with Crippen LogP contribution in [0.1, 0.15) is 15.9 Å². The van der Waals surface area contributed by atoms with Crippen molar-refractivity contribution in [1.29, 1.82) is 0 Å². The smallest absolute Gasteiger partial charge is 0.387 e. The fourth-order valence-corrected chi connectivity index (χ4v) is 2.30. The van der Waals surface area contributed by atoms with Crippen LogP contribution in [0.2, 0.25) is 0 Å². The van der Waals surface area contributed by atoms with Crippen molar-refractivity contribution < 1.29 is 27.8 Å². The molecule has 5 nitrogen and oxygen atoms in total. The van der Waals surface area contributed by atoms with Crippen LogP contribution in [-0.4, -0.2) is 25.9 Å². The van der Waals surface area contributed by atoms with Crippen molar-refractivity contribution in [1.82, 2.24) is 5.32 Å². The van der Waals surface area contributed by atoms with Crippen LogP contribution in [0.5, 0.6) is 17.2 Å². The summed E-state index contributed by atoms with van der Waals surface area (Å²) in [5.41, 5.74) is 1.39. The predicted octanol–water partition coefficient (Wildman–Crippen LogP) is 2.99. The summed E-state index contributed by atoms with van der Waals surface area (Å²) in [7, 11) is 0. The summed E-state index contributed by atoms with van der Waals surface area (Å²) in [5.74, 6) is 1.07. The van der Waals surface area contributed by atoms with Crippen molar-refractivity contribution in [3.63, 3.8) is 0 Å². The summed E-state index contributed by atoms with van der Waals surface area (Å²) in [6.07, 6.45) is 0.575. The van der Waals surface area contributed by atoms with Crippen LogP contribution in [0.15, 0.2) is 42.5 Å². The average Bonchev–Trinajstić information content (AvgIpc) is 3.03. The van der Waals surface area contributed by atoms with Crippen LogP contribution in [0.4, 0.5) is 8.78 Å². The van der Waals surface area contributed by atoms with Gasteiger partial charge in [-0.1, -0.05) is 12.1 Å². The lowest BCUT2D eigenvalue weighted by Gasteiger charge is -2.08. The topological polar surface area (TPSA) is 56.8 Å². The van der Waals surface area contributed by atoms with Crippen LogP contribution in [-0.2, 0) is 6.42 Å². The Morgan fingerprint density at radius 3 is 2.62 bits per heavy atom. The number of ether oxygens (including phenoxy) is 3. The molecule has 1 amide bonds. The standard InChI is InChI=1S/C17H15F2NO4/c18-17(19)24-13-4-1-11(2-5-13)7-8-20-16(21)12-3-6-14-15(9-12)23-10-22-14/h1-6,9,17H,7-8,10H2,(H,20,21). The Labute approximate surface area is 137 Å². The first-order chi connectivity index (χ1) is 11.6. The van der Waals surface area contributed by atoms with Crippen LogP contribution in [0.3, 0.4) is 0 Å². The molecule has 0 radical (unpaired) electrons. The number of benzene rings is 2. The number of carbonyl (C=O) groups is 1. The zero-order valence-electron chi connectivity index (χ0n) is 12.6. The highest BCUT2D eigenvalue weighted by atomic mass is 19.3. The van der Waals surface area contributed by atoms with E-state index in [4.69, 9.17) is 9.47 Å². The SMILES string of the molecule is O=C(NCCc1ccc(OC(F)F)cc1)c1ccc2c(c1)OCO2. The molecule has 2 aromatic carbocycles. The minimum Gasteiger partial charge on any atom is -0.454 e. The molecule has 0 saturated heterocycles. The maximum atomic E-state index is 12.1. The fraction of sp³-hybridized carbons (Fsp3) is 0.235. The van der Waals surface area contributed by atoms with Gasteiger partial charge in [-0.05, 0) is 42.3 Å². The van der Waals surface area contributed by atoms with Gasteiger partial charge in [0, 0.05) is 12.1 Å². The molecule has 0 unspecified atom stereocenters. The van der Waals surface area contributed by atoms with E-state index in [2.05, 4.69) is 10.1 Å². The van der Waals surface area contributed by atoms with Gasteiger partial charge in [-0.15, -0.1) is 0 Å². The van der Waals surface area contributed by atoms with E-state index in [0.29, 0.717) is 30.0 Å². The zero-order valence-corrected chi connectivity index (χ0v) is 12.6. The van der Waals surface area contributed by atoms with Gasteiger partial charge in [-0.3, -0.25) is 4.79 Å². The van der Waals surface area contributed by atoms with Gasteiger partial charge >= 0.3 is 6.61 Å². The van der Waals surface area contributed by atoms with Crippen LogP contribution < -0.4 is 19.5 Å². The molecular formula is C17H15F2NO4. The highest BCUT2D eigenvalue weighted by Gasteiger charge is 2.15. The number of alkyl halides is 2. The van der Waals surface area contributed by atoms with Gasteiger partial charge in [-0.2, -0.15) is 8.78 Å². The Morgan fingerprint density at radius 1 is 1.12 bits per heavy atom. The molecule has 0 atom stereocenters. The molecule has 0 saturated carbocycles. The van der Waals surface area contributed by atoms with E-state index in [0.717, 1.165) is 5.56 Å². The largest absolute Gasteiger partial charge is 0.454 e. The van der Waals surface area contributed by atoms with E-state index in [9.17, 15) is 13.6 Å². The normalized spacial score (nSPS) is 12.3. The Hall–Kier alpha value is -2.83. The van der Waals surface area contributed by atoms with Gasteiger partial charge in [0.2, 0.25) is 6.79 Å². The lowest BCUT2D eigenvalue weighted by atomic mass is 10.1. The maximum absolute atomic E-state index is 12.1. The van der Waals surface area contributed by atoms with Gasteiger partial charge in [0.15, 0.2) is 11.5 Å². The zero-order chi connectivity index (χ0) is 16.9. The lowest BCUT2D eigenvalue weighted by Crippen LogP contribution is -2.25. The molecule has 1 heterocycles. The maximum Gasteiger partial charge on any atom is 0.387 e. The second-order valence-corrected chi connectivity index (χ2v) is 5.10. The second kappa shape index (κ2) is 7.16. The molecule has 0 spiro atoms. The molecule has 24 heavy (non-hydrogen) atoms. The molecule has 2 aromatic rings. The minimum atomic E-state index is -2.84. The van der Waals surface area contributed by atoms with Gasteiger partial charge in [0.1, 0.15) is 5.75 Å². The first-order valence-electron chi connectivity index (χ1n) is 7.33. The number of rotatable bonds is 6. The van der Waals surface area contributed by atoms with E-state index >= 15 is 0 Å². The molecule has 0 bridgehead atoms. The first-order valence-corrected chi connectivity index (χ1v) is 7.33. The van der Waals surface area contributed by atoms with E-state index < -0.39 is 6.61 Å². The summed E-state index contributed by atoms with van der Waals surface area (Å²) >= 11 is 0. The van der Waals surface area contributed by atoms with E-state index in [-0.39, 0.29) is 18.4 Å².